The number of nitrogens with zero attached hydrogens (tertiary/aromatic N) is 3. The van der Waals surface area contributed by atoms with E-state index in [1.165, 1.54) is 12.1 Å². The quantitative estimate of drug-likeness (QED) is 0.251. The highest BCUT2D eigenvalue weighted by molar-refractivity contribution is 5.98. The van der Waals surface area contributed by atoms with E-state index in [1.54, 1.807) is 24.4 Å². The summed E-state index contributed by atoms with van der Waals surface area (Å²) in [6, 6.07) is 12.4. The number of furan rings is 1. The molecule has 0 bridgehead atoms. The maximum atomic E-state index is 10.6. The maximum Gasteiger partial charge on any atom is 0.433 e. The number of allylic oxidation sites excluding steroid dienone is 2. The van der Waals surface area contributed by atoms with Crippen LogP contribution in [0, 0.1) is 10.1 Å². The highest BCUT2D eigenvalue weighted by Gasteiger charge is 2.09. The number of para-hydroxylation sites is 1. The fourth-order valence-corrected chi connectivity index (χ4v) is 2.33. The van der Waals surface area contributed by atoms with Crippen molar-refractivity contribution in [1.82, 2.24) is 4.98 Å². The molecule has 0 radical (unpaired) electrons. The summed E-state index contributed by atoms with van der Waals surface area (Å²) in [4.78, 5) is 14.5. The Hall–Kier alpha value is -3.74. The molecule has 7 heteroatoms. The Morgan fingerprint density at radius 3 is 2.72 bits per heavy atom. The Balaban J connectivity index is 1.83. The summed E-state index contributed by atoms with van der Waals surface area (Å²) in [6.07, 6.45) is 8.52. The molecular weight excluding hydrogens is 320 g/mol. The second-order valence-electron chi connectivity index (χ2n) is 5.08. The Morgan fingerprint density at radius 2 is 1.96 bits per heavy atom. The molecule has 0 amide bonds. The highest BCUT2D eigenvalue weighted by Crippen LogP contribution is 2.18. The maximum absolute atomic E-state index is 10.6. The molecule has 0 fully saturated rings. The standard InChI is InChI=1S/C18H14N4O3/c19-20-12-13-11-14(21-17-8-4-3-7-16(13)17)5-1-2-6-15-9-10-18(25-15)22(23)24/h1-12H,19H2/b5-1+,6-2+,20-12+. The summed E-state index contributed by atoms with van der Waals surface area (Å²) in [5.41, 5.74) is 2.45. The van der Waals surface area contributed by atoms with Crippen LogP contribution >= 0.6 is 0 Å². The number of nitrogens with two attached hydrogens (primary N) is 1. The van der Waals surface area contributed by atoms with Crippen molar-refractivity contribution in [3.05, 3.63) is 81.7 Å². The minimum atomic E-state index is -0.577. The summed E-state index contributed by atoms with van der Waals surface area (Å²) in [5.74, 6) is 5.39. The predicted molar refractivity (Wildman–Crippen MR) is 97.0 cm³/mol. The smallest absolute Gasteiger partial charge is 0.401 e. The van der Waals surface area contributed by atoms with Gasteiger partial charge in [0.2, 0.25) is 0 Å². The molecule has 1 aromatic carbocycles. The van der Waals surface area contributed by atoms with Gasteiger partial charge in [-0.1, -0.05) is 30.4 Å². The normalized spacial score (nSPS) is 12.0. The molecule has 124 valence electrons. The molecule has 0 saturated carbocycles. The second-order valence-corrected chi connectivity index (χ2v) is 5.08. The summed E-state index contributed by atoms with van der Waals surface area (Å²) in [7, 11) is 0. The molecule has 2 N–H and O–H groups in total. The number of nitro groups is 1. The number of rotatable bonds is 5. The first-order valence-corrected chi connectivity index (χ1v) is 7.39. The lowest BCUT2D eigenvalue weighted by atomic mass is 10.1. The average molecular weight is 334 g/mol. The van der Waals surface area contributed by atoms with Crippen LogP contribution < -0.4 is 5.84 Å². The third-order valence-corrected chi connectivity index (χ3v) is 3.41. The van der Waals surface area contributed by atoms with Crippen LogP contribution in [0.3, 0.4) is 0 Å². The van der Waals surface area contributed by atoms with Crippen molar-refractivity contribution in [2.75, 3.05) is 0 Å². The molecule has 7 nitrogen and oxygen atoms in total. The SMILES string of the molecule is N/N=C/c1cc(/C=C/C=C/c2ccc([N+](=O)[O-])o2)nc2ccccc12. The number of hydrogen-bond acceptors (Lipinski definition) is 6. The van der Waals surface area contributed by atoms with Crippen LogP contribution in [0.4, 0.5) is 5.88 Å². The van der Waals surface area contributed by atoms with Crippen molar-refractivity contribution < 1.29 is 9.34 Å². The van der Waals surface area contributed by atoms with Crippen LogP contribution in [0.15, 0.2) is 64.1 Å². The molecule has 0 spiro atoms. The number of aromatic nitrogens is 1. The van der Waals surface area contributed by atoms with Gasteiger partial charge in [-0.2, -0.15) is 5.10 Å². The zero-order chi connectivity index (χ0) is 17.6. The topological polar surface area (TPSA) is 108 Å². The van der Waals surface area contributed by atoms with E-state index in [0.29, 0.717) is 5.76 Å². The Bertz CT molecular complexity index is 1000. The summed E-state index contributed by atoms with van der Waals surface area (Å²) in [5, 5.41) is 15.1. The molecule has 0 aliphatic rings. The molecular formula is C18H14N4O3. The van der Waals surface area contributed by atoms with Gasteiger partial charge in [-0.05, 0) is 30.4 Å². The Morgan fingerprint density at radius 1 is 1.16 bits per heavy atom. The van der Waals surface area contributed by atoms with Gasteiger partial charge in [-0.3, -0.25) is 10.1 Å². The molecule has 0 atom stereocenters. The van der Waals surface area contributed by atoms with Crippen molar-refractivity contribution >= 4 is 35.2 Å². The van der Waals surface area contributed by atoms with Crippen molar-refractivity contribution in [3.8, 4) is 0 Å². The largest absolute Gasteiger partial charge is 0.433 e. The van der Waals surface area contributed by atoms with Crippen LogP contribution in [0.2, 0.25) is 0 Å². The number of benzene rings is 1. The third-order valence-electron chi connectivity index (χ3n) is 3.41. The highest BCUT2D eigenvalue weighted by atomic mass is 16.6. The van der Waals surface area contributed by atoms with Crippen LogP contribution in [0.25, 0.3) is 23.1 Å². The zero-order valence-electron chi connectivity index (χ0n) is 13.1. The first kappa shape index (κ1) is 16.1. The molecule has 0 aliphatic heterocycles. The van der Waals surface area contributed by atoms with E-state index in [9.17, 15) is 10.1 Å². The van der Waals surface area contributed by atoms with E-state index in [-0.39, 0.29) is 5.88 Å². The van der Waals surface area contributed by atoms with E-state index in [0.717, 1.165) is 22.2 Å². The van der Waals surface area contributed by atoms with Gasteiger partial charge in [-0.15, -0.1) is 0 Å². The van der Waals surface area contributed by atoms with E-state index < -0.39 is 4.92 Å². The van der Waals surface area contributed by atoms with E-state index in [1.807, 2.05) is 36.4 Å². The summed E-state index contributed by atoms with van der Waals surface area (Å²) < 4.78 is 5.04. The van der Waals surface area contributed by atoms with Gasteiger partial charge in [0, 0.05) is 10.9 Å². The van der Waals surface area contributed by atoms with Crippen molar-refractivity contribution in [3.63, 3.8) is 0 Å². The monoisotopic (exact) mass is 334 g/mol. The molecule has 3 rings (SSSR count). The van der Waals surface area contributed by atoms with Crippen molar-refractivity contribution in [2.24, 2.45) is 10.9 Å². The lowest BCUT2D eigenvalue weighted by molar-refractivity contribution is -0.402. The van der Waals surface area contributed by atoms with Crippen molar-refractivity contribution in [2.45, 2.75) is 0 Å². The van der Waals surface area contributed by atoms with Crippen LogP contribution in [-0.4, -0.2) is 16.1 Å². The first-order chi connectivity index (χ1) is 12.2. The van der Waals surface area contributed by atoms with Gasteiger partial charge in [0.25, 0.3) is 0 Å². The van der Waals surface area contributed by atoms with Gasteiger partial charge in [-0.25, -0.2) is 4.98 Å². The minimum Gasteiger partial charge on any atom is -0.401 e. The molecule has 25 heavy (non-hydrogen) atoms. The van der Waals surface area contributed by atoms with Gasteiger partial charge in [0.1, 0.15) is 10.7 Å². The van der Waals surface area contributed by atoms with Gasteiger partial charge in [0.05, 0.1) is 23.5 Å². The molecule has 3 aromatic rings. The Labute approximate surface area is 142 Å². The summed E-state index contributed by atoms with van der Waals surface area (Å²) >= 11 is 0. The third kappa shape index (κ3) is 3.78. The first-order valence-electron chi connectivity index (χ1n) is 7.39. The summed E-state index contributed by atoms with van der Waals surface area (Å²) in [6.45, 7) is 0. The molecule has 0 aliphatic carbocycles. The molecule has 2 aromatic heterocycles. The van der Waals surface area contributed by atoms with E-state index in [4.69, 9.17) is 10.3 Å². The average Bonchev–Trinajstić information content (AvgIpc) is 3.08. The fraction of sp³-hybridized carbons (Fsp3) is 0. The second kappa shape index (κ2) is 7.22. The fourth-order valence-electron chi connectivity index (χ4n) is 2.33. The molecule has 0 saturated heterocycles. The zero-order valence-corrected chi connectivity index (χ0v) is 13.1. The van der Waals surface area contributed by atoms with E-state index >= 15 is 0 Å². The van der Waals surface area contributed by atoms with Crippen LogP contribution in [0.5, 0.6) is 0 Å². The predicted octanol–water partition coefficient (Wildman–Crippen LogP) is 3.76. The Kier molecular flexibility index (Phi) is 4.66. The number of hydrazone groups is 1. The lowest BCUT2D eigenvalue weighted by Crippen LogP contribution is -1.92. The molecule has 0 unspecified atom stereocenters. The van der Waals surface area contributed by atoms with E-state index in [2.05, 4.69) is 10.1 Å². The van der Waals surface area contributed by atoms with Gasteiger partial charge in [0.15, 0.2) is 0 Å². The number of pyridine rings is 1. The minimum absolute atomic E-state index is 0.287. The lowest BCUT2D eigenvalue weighted by Gasteiger charge is -2.03. The van der Waals surface area contributed by atoms with Gasteiger partial charge < -0.3 is 10.3 Å². The number of fused-ring (bicyclic) bond motifs is 1. The van der Waals surface area contributed by atoms with Crippen LogP contribution in [0.1, 0.15) is 17.0 Å². The van der Waals surface area contributed by atoms with Crippen LogP contribution in [-0.2, 0) is 0 Å². The van der Waals surface area contributed by atoms with Crippen molar-refractivity contribution in [1.29, 1.82) is 0 Å². The number of hydrogen-bond donors (Lipinski definition) is 1. The molecule has 2 heterocycles. The van der Waals surface area contributed by atoms with Gasteiger partial charge >= 0.3 is 5.88 Å².